The number of nitrogens with zero attached hydrogens (tertiary/aromatic N) is 1. The Morgan fingerprint density at radius 1 is 1.33 bits per heavy atom. The highest BCUT2D eigenvalue weighted by Gasteiger charge is 2.17. The number of carbonyl (C=O) groups excluding carboxylic acids is 1. The summed E-state index contributed by atoms with van der Waals surface area (Å²) in [5.41, 5.74) is 0.688. The minimum atomic E-state index is -0.423. The average molecular weight is 205 g/mol. The molecule has 1 aromatic rings. The second-order valence-electron chi connectivity index (χ2n) is 3.94. The van der Waals surface area contributed by atoms with Crippen LogP contribution < -0.4 is 0 Å². The average Bonchev–Trinajstić information content (AvgIpc) is 2.25. The quantitative estimate of drug-likeness (QED) is 0.546. The van der Waals surface area contributed by atoms with Gasteiger partial charge in [0.1, 0.15) is 0 Å². The molecule has 0 atom stereocenters. The van der Waals surface area contributed by atoms with Crippen LogP contribution in [-0.2, 0) is 16.1 Å². The molecule has 0 radical (unpaired) electrons. The normalized spacial score (nSPS) is 10.8. The molecule has 15 heavy (non-hydrogen) atoms. The highest BCUT2D eigenvalue weighted by atomic mass is 16.5. The number of aliphatic imine (C=N–C) groups is 1. The predicted octanol–water partition coefficient (Wildman–Crippen LogP) is 2.32. The van der Waals surface area contributed by atoms with Crippen molar-refractivity contribution < 1.29 is 9.53 Å². The minimum absolute atomic E-state index is 0.337. The van der Waals surface area contributed by atoms with Gasteiger partial charge in [-0.1, -0.05) is 30.3 Å². The Bertz CT molecular complexity index is 340. The predicted molar refractivity (Wildman–Crippen MR) is 58.3 cm³/mol. The van der Waals surface area contributed by atoms with E-state index in [-0.39, 0.29) is 0 Å². The molecule has 0 aromatic heterocycles. The van der Waals surface area contributed by atoms with Gasteiger partial charge in [-0.15, -0.1) is 0 Å². The van der Waals surface area contributed by atoms with Crippen molar-refractivity contribution >= 4 is 6.08 Å². The second-order valence-corrected chi connectivity index (χ2v) is 3.94. The van der Waals surface area contributed by atoms with Crippen molar-refractivity contribution in [1.29, 1.82) is 0 Å². The van der Waals surface area contributed by atoms with E-state index >= 15 is 0 Å². The minimum Gasteiger partial charge on any atom is -0.369 e. The third-order valence-corrected chi connectivity index (χ3v) is 2.00. The molecule has 0 saturated carbocycles. The zero-order valence-corrected chi connectivity index (χ0v) is 9.06. The van der Waals surface area contributed by atoms with Crippen molar-refractivity contribution in [2.75, 3.05) is 6.54 Å². The standard InChI is InChI=1S/C12H15NO2/c1-12(2,9-13-10-14)15-8-11-6-4-3-5-7-11/h3-7H,8-9H2,1-2H3. The van der Waals surface area contributed by atoms with Crippen LogP contribution in [0.3, 0.4) is 0 Å². The number of ether oxygens (including phenoxy) is 1. The van der Waals surface area contributed by atoms with E-state index in [1.54, 1.807) is 0 Å². The summed E-state index contributed by atoms with van der Waals surface area (Å²) >= 11 is 0. The Morgan fingerprint density at radius 3 is 2.60 bits per heavy atom. The van der Waals surface area contributed by atoms with Gasteiger partial charge in [0.2, 0.25) is 6.08 Å². The van der Waals surface area contributed by atoms with Crippen molar-refractivity contribution in [3.8, 4) is 0 Å². The Morgan fingerprint density at radius 2 is 2.00 bits per heavy atom. The molecule has 0 fully saturated rings. The van der Waals surface area contributed by atoms with E-state index in [0.717, 1.165) is 5.56 Å². The SMILES string of the molecule is CC(C)(CN=C=O)OCc1ccccc1. The number of hydrogen-bond acceptors (Lipinski definition) is 3. The van der Waals surface area contributed by atoms with E-state index < -0.39 is 5.60 Å². The Kier molecular flexibility index (Phi) is 4.22. The summed E-state index contributed by atoms with van der Waals surface area (Å²) in [6.45, 7) is 4.67. The highest BCUT2D eigenvalue weighted by Crippen LogP contribution is 2.13. The van der Waals surface area contributed by atoms with Crippen LogP contribution in [0.1, 0.15) is 19.4 Å². The number of rotatable bonds is 5. The molecule has 0 unspecified atom stereocenters. The van der Waals surface area contributed by atoms with Crippen LogP contribution in [0.4, 0.5) is 0 Å². The fraction of sp³-hybridized carbons (Fsp3) is 0.417. The molecule has 0 aliphatic carbocycles. The molecular formula is C12H15NO2. The first-order valence-corrected chi connectivity index (χ1v) is 4.85. The van der Waals surface area contributed by atoms with Gasteiger partial charge in [0.05, 0.1) is 18.8 Å². The van der Waals surface area contributed by atoms with Crippen molar-refractivity contribution in [3.63, 3.8) is 0 Å². The molecule has 0 aliphatic heterocycles. The maximum absolute atomic E-state index is 9.98. The fourth-order valence-electron chi connectivity index (χ4n) is 1.12. The molecule has 1 rings (SSSR count). The lowest BCUT2D eigenvalue weighted by molar-refractivity contribution is -0.0218. The molecule has 3 nitrogen and oxygen atoms in total. The first-order valence-electron chi connectivity index (χ1n) is 4.85. The van der Waals surface area contributed by atoms with Crippen LogP contribution in [0.2, 0.25) is 0 Å². The van der Waals surface area contributed by atoms with Crippen LogP contribution >= 0.6 is 0 Å². The van der Waals surface area contributed by atoms with Gasteiger partial charge in [-0.3, -0.25) is 0 Å². The number of hydrogen-bond donors (Lipinski definition) is 0. The van der Waals surface area contributed by atoms with Crippen LogP contribution in [0.5, 0.6) is 0 Å². The summed E-state index contributed by atoms with van der Waals surface area (Å²) in [7, 11) is 0. The Balaban J connectivity index is 2.45. The topological polar surface area (TPSA) is 38.7 Å². The molecule has 1 aromatic carbocycles. The van der Waals surface area contributed by atoms with Crippen LogP contribution in [0.25, 0.3) is 0 Å². The third kappa shape index (κ3) is 4.54. The first kappa shape index (κ1) is 11.6. The molecule has 0 heterocycles. The van der Waals surface area contributed by atoms with E-state index in [2.05, 4.69) is 4.99 Å². The second kappa shape index (κ2) is 5.44. The van der Waals surface area contributed by atoms with Gasteiger partial charge >= 0.3 is 0 Å². The molecule has 3 heteroatoms. The molecule has 80 valence electrons. The molecule has 0 spiro atoms. The molecular weight excluding hydrogens is 190 g/mol. The molecule has 0 N–H and O–H groups in total. The van der Waals surface area contributed by atoms with Crippen LogP contribution in [-0.4, -0.2) is 18.2 Å². The van der Waals surface area contributed by atoms with Gasteiger partial charge in [-0.25, -0.2) is 9.79 Å². The van der Waals surface area contributed by atoms with Gasteiger partial charge < -0.3 is 4.74 Å². The summed E-state index contributed by atoms with van der Waals surface area (Å²) in [5, 5.41) is 0. The van der Waals surface area contributed by atoms with Crippen LogP contribution in [0.15, 0.2) is 35.3 Å². The van der Waals surface area contributed by atoms with Crippen molar-refractivity contribution in [1.82, 2.24) is 0 Å². The maximum atomic E-state index is 9.98. The molecule has 0 amide bonds. The lowest BCUT2D eigenvalue weighted by atomic mass is 10.1. The van der Waals surface area contributed by atoms with E-state index in [4.69, 9.17) is 4.74 Å². The summed E-state index contributed by atoms with van der Waals surface area (Å²) in [5.74, 6) is 0. The molecule has 0 saturated heterocycles. The Hall–Kier alpha value is -1.44. The number of benzene rings is 1. The summed E-state index contributed by atoms with van der Waals surface area (Å²) in [6.07, 6.45) is 1.52. The highest BCUT2D eigenvalue weighted by molar-refractivity contribution is 5.33. The van der Waals surface area contributed by atoms with Crippen molar-refractivity contribution in [3.05, 3.63) is 35.9 Å². The lowest BCUT2D eigenvalue weighted by Gasteiger charge is -2.22. The molecule has 0 bridgehead atoms. The summed E-state index contributed by atoms with van der Waals surface area (Å²) in [4.78, 5) is 13.5. The van der Waals surface area contributed by atoms with E-state index in [1.165, 1.54) is 6.08 Å². The van der Waals surface area contributed by atoms with Gasteiger partial charge in [0, 0.05) is 0 Å². The monoisotopic (exact) mass is 205 g/mol. The largest absolute Gasteiger partial charge is 0.369 e. The van der Waals surface area contributed by atoms with E-state index in [1.807, 2.05) is 44.2 Å². The van der Waals surface area contributed by atoms with Crippen molar-refractivity contribution in [2.45, 2.75) is 26.1 Å². The number of isocyanates is 1. The summed E-state index contributed by atoms with van der Waals surface area (Å²) in [6, 6.07) is 9.90. The first-order chi connectivity index (χ1) is 7.14. The van der Waals surface area contributed by atoms with Crippen molar-refractivity contribution in [2.24, 2.45) is 4.99 Å². The zero-order chi connectivity index (χ0) is 11.1. The lowest BCUT2D eigenvalue weighted by Crippen LogP contribution is -2.27. The van der Waals surface area contributed by atoms with E-state index in [0.29, 0.717) is 13.2 Å². The zero-order valence-electron chi connectivity index (χ0n) is 9.06. The van der Waals surface area contributed by atoms with Gasteiger partial charge in [-0.05, 0) is 19.4 Å². The van der Waals surface area contributed by atoms with Gasteiger partial charge in [0.25, 0.3) is 0 Å². The molecule has 0 aliphatic rings. The maximum Gasteiger partial charge on any atom is 0.235 e. The van der Waals surface area contributed by atoms with Gasteiger partial charge in [0.15, 0.2) is 0 Å². The Labute approximate surface area is 89.8 Å². The fourth-order valence-corrected chi connectivity index (χ4v) is 1.12. The van der Waals surface area contributed by atoms with Crippen LogP contribution in [0, 0.1) is 0 Å². The van der Waals surface area contributed by atoms with E-state index in [9.17, 15) is 4.79 Å². The summed E-state index contributed by atoms with van der Waals surface area (Å²) < 4.78 is 5.64. The smallest absolute Gasteiger partial charge is 0.235 e. The third-order valence-electron chi connectivity index (χ3n) is 2.00. The van der Waals surface area contributed by atoms with Gasteiger partial charge in [-0.2, -0.15) is 0 Å².